The van der Waals surface area contributed by atoms with Crippen LogP contribution in [0.15, 0.2) is 48.9 Å². The number of fused-ring (bicyclic) bond motifs is 1. The molecule has 138 valence electrons. The van der Waals surface area contributed by atoms with E-state index in [1.807, 2.05) is 37.3 Å². The van der Waals surface area contributed by atoms with Crippen LogP contribution in [0.4, 0.5) is 0 Å². The van der Waals surface area contributed by atoms with Crippen molar-refractivity contribution in [1.29, 1.82) is 0 Å². The molecule has 3 aromatic rings. The zero-order valence-electron chi connectivity index (χ0n) is 15.3. The molecule has 1 saturated heterocycles. The molecule has 0 radical (unpaired) electrons. The number of rotatable bonds is 5. The molecule has 0 aliphatic carbocycles. The molecule has 1 aliphatic rings. The Morgan fingerprint density at radius 1 is 1.22 bits per heavy atom. The van der Waals surface area contributed by atoms with Crippen molar-refractivity contribution in [3.63, 3.8) is 0 Å². The van der Waals surface area contributed by atoms with Gasteiger partial charge in [0.25, 0.3) is 0 Å². The second kappa shape index (κ2) is 7.23. The summed E-state index contributed by atoms with van der Waals surface area (Å²) < 4.78 is 11.6. The SMILES string of the molecule is COc1cncc(-c2cc(OC(C)C3CNC(=O)C3)c3cccnc3c2)c1. The lowest BCUT2D eigenvalue weighted by molar-refractivity contribution is -0.119. The van der Waals surface area contributed by atoms with Crippen molar-refractivity contribution < 1.29 is 14.3 Å². The number of hydrogen-bond acceptors (Lipinski definition) is 5. The summed E-state index contributed by atoms with van der Waals surface area (Å²) in [5.41, 5.74) is 2.73. The van der Waals surface area contributed by atoms with E-state index in [-0.39, 0.29) is 17.9 Å². The van der Waals surface area contributed by atoms with Gasteiger partial charge < -0.3 is 14.8 Å². The Labute approximate surface area is 157 Å². The molecule has 1 N–H and O–H groups in total. The first kappa shape index (κ1) is 17.3. The van der Waals surface area contributed by atoms with Crippen LogP contribution in [0.25, 0.3) is 22.0 Å². The standard InChI is InChI=1S/C21H21N3O3/c1-13(15-9-21(25)24-11-15)27-20-8-14(7-19-18(20)4-3-5-23-19)16-6-17(26-2)12-22-10-16/h3-8,10,12-13,15H,9,11H2,1-2H3,(H,24,25). The highest BCUT2D eigenvalue weighted by molar-refractivity contribution is 5.90. The Bertz CT molecular complexity index is 989. The molecule has 2 atom stereocenters. The monoisotopic (exact) mass is 363 g/mol. The quantitative estimate of drug-likeness (QED) is 0.753. The third kappa shape index (κ3) is 3.56. The van der Waals surface area contributed by atoms with Crippen LogP contribution in [0.1, 0.15) is 13.3 Å². The summed E-state index contributed by atoms with van der Waals surface area (Å²) >= 11 is 0. The fraction of sp³-hybridized carbons (Fsp3) is 0.286. The van der Waals surface area contributed by atoms with E-state index in [0.29, 0.717) is 18.7 Å². The minimum atomic E-state index is -0.0916. The number of pyridine rings is 2. The number of methoxy groups -OCH3 is 1. The van der Waals surface area contributed by atoms with Crippen LogP contribution in [0.2, 0.25) is 0 Å². The van der Waals surface area contributed by atoms with Gasteiger partial charge in [-0.1, -0.05) is 0 Å². The van der Waals surface area contributed by atoms with Gasteiger partial charge in [-0.2, -0.15) is 0 Å². The number of carbonyl (C=O) groups is 1. The second-order valence-electron chi connectivity index (χ2n) is 6.75. The average Bonchev–Trinajstić information content (AvgIpc) is 3.14. The molecule has 6 heteroatoms. The number of carbonyl (C=O) groups excluding carboxylic acids is 1. The molecule has 6 nitrogen and oxygen atoms in total. The van der Waals surface area contributed by atoms with Crippen molar-refractivity contribution in [3.8, 4) is 22.6 Å². The number of benzene rings is 1. The summed E-state index contributed by atoms with van der Waals surface area (Å²) in [6, 6.07) is 9.85. The number of hydrogen-bond donors (Lipinski definition) is 1. The van der Waals surface area contributed by atoms with Crippen molar-refractivity contribution in [2.75, 3.05) is 13.7 Å². The van der Waals surface area contributed by atoms with Gasteiger partial charge in [-0.3, -0.25) is 14.8 Å². The van der Waals surface area contributed by atoms with Crippen LogP contribution >= 0.6 is 0 Å². The van der Waals surface area contributed by atoms with Crippen LogP contribution < -0.4 is 14.8 Å². The first-order valence-electron chi connectivity index (χ1n) is 8.95. The summed E-state index contributed by atoms with van der Waals surface area (Å²) in [5.74, 6) is 1.69. The minimum Gasteiger partial charge on any atom is -0.495 e. The molecule has 27 heavy (non-hydrogen) atoms. The van der Waals surface area contributed by atoms with E-state index in [9.17, 15) is 4.79 Å². The van der Waals surface area contributed by atoms with E-state index in [4.69, 9.17) is 9.47 Å². The van der Waals surface area contributed by atoms with Gasteiger partial charge in [0.15, 0.2) is 0 Å². The number of nitrogens with one attached hydrogen (secondary N) is 1. The van der Waals surface area contributed by atoms with Gasteiger partial charge in [0.1, 0.15) is 17.6 Å². The van der Waals surface area contributed by atoms with Gasteiger partial charge in [-0.15, -0.1) is 0 Å². The van der Waals surface area contributed by atoms with Crippen LogP contribution in [-0.4, -0.2) is 35.6 Å². The molecular formula is C21H21N3O3. The van der Waals surface area contributed by atoms with Gasteiger partial charge in [-0.25, -0.2) is 0 Å². The molecular weight excluding hydrogens is 342 g/mol. The summed E-state index contributed by atoms with van der Waals surface area (Å²) in [6.45, 7) is 2.66. The number of aromatic nitrogens is 2. The Kier molecular flexibility index (Phi) is 4.62. The van der Waals surface area contributed by atoms with Crippen molar-refractivity contribution in [2.45, 2.75) is 19.4 Å². The third-order valence-corrected chi connectivity index (χ3v) is 4.95. The van der Waals surface area contributed by atoms with E-state index in [2.05, 4.69) is 15.3 Å². The van der Waals surface area contributed by atoms with Crippen LogP contribution in [0.5, 0.6) is 11.5 Å². The Morgan fingerprint density at radius 2 is 2.11 bits per heavy atom. The molecule has 4 rings (SSSR count). The lowest BCUT2D eigenvalue weighted by atomic mass is 10.0. The van der Waals surface area contributed by atoms with Crippen LogP contribution in [0.3, 0.4) is 0 Å². The first-order valence-corrected chi connectivity index (χ1v) is 8.95. The fourth-order valence-corrected chi connectivity index (χ4v) is 3.36. The predicted molar refractivity (Wildman–Crippen MR) is 103 cm³/mol. The molecule has 1 amide bonds. The van der Waals surface area contributed by atoms with Gasteiger partial charge in [0.05, 0.1) is 18.8 Å². The third-order valence-electron chi connectivity index (χ3n) is 4.95. The largest absolute Gasteiger partial charge is 0.495 e. The van der Waals surface area contributed by atoms with Crippen LogP contribution in [0, 0.1) is 5.92 Å². The topological polar surface area (TPSA) is 73.3 Å². The summed E-state index contributed by atoms with van der Waals surface area (Å²) in [6.07, 6.45) is 5.64. The normalized spacial score (nSPS) is 17.6. The fourth-order valence-electron chi connectivity index (χ4n) is 3.36. The summed E-state index contributed by atoms with van der Waals surface area (Å²) in [5, 5.41) is 3.82. The minimum absolute atomic E-state index is 0.0816. The molecule has 0 bridgehead atoms. The van der Waals surface area contributed by atoms with E-state index in [1.54, 1.807) is 25.7 Å². The maximum absolute atomic E-state index is 11.5. The zero-order valence-corrected chi connectivity index (χ0v) is 15.3. The molecule has 1 aromatic carbocycles. The van der Waals surface area contributed by atoms with E-state index >= 15 is 0 Å². The molecule has 0 saturated carbocycles. The highest BCUT2D eigenvalue weighted by atomic mass is 16.5. The predicted octanol–water partition coefficient (Wildman–Crippen LogP) is 3.21. The Balaban J connectivity index is 1.73. The van der Waals surface area contributed by atoms with Crippen molar-refractivity contribution in [2.24, 2.45) is 5.92 Å². The number of ether oxygens (including phenoxy) is 2. The highest BCUT2D eigenvalue weighted by Crippen LogP contribution is 2.34. The van der Waals surface area contributed by atoms with E-state index < -0.39 is 0 Å². The summed E-state index contributed by atoms with van der Waals surface area (Å²) in [7, 11) is 1.62. The highest BCUT2D eigenvalue weighted by Gasteiger charge is 2.28. The maximum atomic E-state index is 11.5. The van der Waals surface area contributed by atoms with Gasteiger partial charge >= 0.3 is 0 Å². The summed E-state index contributed by atoms with van der Waals surface area (Å²) in [4.78, 5) is 20.3. The lowest BCUT2D eigenvalue weighted by Gasteiger charge is -2.21. The zero-order chi connectivity index (χ0) is 18.8. The van der Waals surface area contributed by atoms with Gasteiger partial charge in [0, 0.05) is 42.2 Å². The van der Waals surface area contributed by atoms with Crippen molar-refractivity contribution in [3.05, 3.63) is 48.9 Å². The lowest BCUT2D eigenvalue weighted by Crippen LogP contribution is -2.25. The molecule has 0 spiro atoms. The molecule has 3 heterocycles. The molecule has 2 aromatic heterocycles. The number of nitrogens with zero attached hydrogens (tertiary/aromatic N) is 2. The first-order chi connectivity index (χ1) is 13.1. The molecule has 1 fully saturated rings. The molecule has 2 unspecified atom stereocenters. The second-order valence-corrected chi connectivity index (χ2v) is 6.75. The number of amides is 1. The van der Waals surface area contributed by atoms with Crippen LogP contribution in [-0.2, 0) is 4.79 Å². The Morgan fingerprint density at radius 3 is 2.89 bits per heavy atom. The van der Waals surface area contributed by atoms with Crippen molar-refractivity contribution in [1.82, 2.24) is 15.3 Å². The average molecular weight is 363 g/mol. The molecule has 1 aliphatic heterocycles. The van der Waals surface area contributed by atoms with Gasteiger partial charge in [-0.05, 0) is 42.8 Å². The van der Waals surface area contributed by atoms with E-state index in [0.717, 1.165) is 27.8 Å². The van der Waals surface area contributed by atoms with E-state index in [1.165, 1.54) is 0 Å². The van der Waals surface area contributed by atoms with Crippen molar-refractivity contribution >= 4 is 16.8 Å². The maximum Gasteiger partial charge on any atom is 0.220 e. The van der Waals surface area contributed by atoms with Gasteiger partial charge in [0.2, 0.25) is 5.91 Å². The Hall–Kier alpha value is -3.15. The smallest absolute Gasteiger partial charge is 0.220 e.